The molecule has 2 aromatic carbocycles. The zero-order valence-corrected chi connectivity index (χ0v) is 11.9. The fraction of sp³-hybridized carbons (Fsp3) is 0.176. The van der Waals surface area contributed by atoms with Crippen LogP contribution in [0.2, 0.25) is 0 Å². The van der Waals surface area contributed by atoms with Crippen LogP contribution in [0.4, 0.5) is 5.69 Å². The number of benzene rings is 2. The molecule has 0 N–H and O–H groups in total. The van der Waals surface area contributed by atoms with Gasteiger partial charge in [0.2, 0.25) is 0 Å². The molecule has 106 valence electrons. The third-order valence-electron chi connectivity index (χ3n) is 3.72. The molecule has 0 aliphatic carbocycles. The number of amides is 1. The largest absolute Gasteiger partial charge is 0.465 e. The number of aryl methyl sites for hydroxylation is 1. The summed E-state index contributed by atoms with van der Waals surface area (Å²) in [6.07, 6.45) is 0. The first-order valence-electron chi connectivity index (χ1n) is 6.70. The van der Waals surface area contributed by atoms with Gasteiger partial charge in [-0.25, -0.2) is 4.79 Å². The number of methoxy groups -OCH3 is 1. The molecule has 2 aromatic rings. The summed E-state index contributed by atoms with van der Waals surface area (Å²) in [5.74, 6) is -0.495. The maximum atomic E-state index is 12.5. The lowest BCUT2D eigenvalue weighted by Gasteiger charge is -2.16. The van der Waals surface area contributed by atoms with Gasteiger partial charge in [-0.05, 0) is 36.8 Å². The molecular formula is C17H15NO3. The Kier molecular flexibility index (Phi) is 3.22. The molecule has 0 unspecified atom stereocenters. The van der Waals surface area contributed by atoms with Gasteiger partial charge in [-0.15, -0.1) is 0 Å². The third-order valence-corrected chi connectivity index (χ3v) is 3.72. The zero-order chi connectivity index (χ0) is 15.0. The van der Waals surface area contributed by atoms with E-state index in [9.17, 15) is 9.59 Å². The molecule has 1 amide bonds. The molecule has 4 nitrogen and oxygen atoms in total. The summed E-state index contributed by atoms with van der Waals surface area (Å²) in [6, 6.07) is 12.9. The highest BCUT2D eigenvalue weighted by Gasteiger charge is 2.31. The van der Waals surface area contributed by atoms with Gasteiger partial charge in [0.15, 0.2) is 0 Å². The second-order valence-electron chi connectivity index (χ2n) is 5.05. The number of esters is 1. The van der Waals surface area contributed by atoms with Gasteiger partial charge in [0.05, 0.1) is 19.2 Å². The number of ether oxygens (including phenoxy) is 1. The molecule has 3 rings (SSSR count). The molecule has 0 atom stereocenters. The summed E-state index contributed by atoms with van der Waals surface area (Å²) in [7, 11) is 1.34. The molecule has 0 saturated carbocycles. The van der Waals surface area contributed by atoms with Crippen molar-refractivity contribution in [1.29, 1.82) is 0 Å². The topological polar surface area (TPSA) is 46.6 Å². The van der Waals surface area contributed by atoms with Crippen LogP contribution in [0, 0.1) is 6.92 Å². The van der Waals surface area contributed by atoms with E-state index in [1.54, 1.807) is 23.1 Å². The van der Waals surface area contributed by atoms with E-state index in [1.807, 2.05) is 31.2 Å². The van der Waals surface area contributed by atoms with Crippen molar-refractivity contribution in [2.45, 2.75) is 13.5 Å². The molecule has 0 bridgehead atoms. The summed E-state index contributed by atoms with van der Waals surface area (Å²) in [4.78, 5) is 26.0. The van der Waals surface area contributed by atoms with Gasteiger partial charge >= 0.3 is 5.97 Å². The second-order valence-corrected chi connectivity index (χ2v) is 5.05. The predicted molar refractivity (Wildman–Crippen MR) is 79.5 cm³/mol. The standard InChI is InChI=1S/C17H15NO3/c1-11-6-8-12(9-7-11)18-10-15-13(16(18)19)4-3-5-14(15)17(20)21-2/h3-9H,10H2,1-2H3. The van der Waals surface area contributed by atoms with Crippen molar-refractivity contribution in [2.75, 3.05) is 12.0 Å². The van der Waals surface area contributed by atoms with Gasteiger partial charge in [-0.3, -0.25) is 4.79 Å². The fourth-order valence-corrected chi connectivity index (χ4v) is 2.57. The number of hydrogen-bond acceptors (Lipinski definition) is 3. The predicted octanol–water partition coefficient (Wildman–Crippen LogP) is 2.94. The van der Waals surface area contributed by atoms with Crippen LogP contribution < -0.4 is 4.90 Å². The Morgan fingerprint density at radius 1 is 1.14 bits per heavy atom. The smallest absolute Gasteiger partial charge is 0.338 e. The lowest BCUT2D eigenvalue weighted by molar-refractivity contribution is 0.0599. The highest BCUT2D eigenvalue weighted by atomic mass is 16.5. The Bertz CT molecular complexity index is 719. The molecule has 0 saturated heterocycles. The highest BCUT2D eigenvalue weighted by Crippen LogP contribution is 2.30. The molecule has 0 spiro atoms. The Morgan fingerprint density at radius 2 is 1.86 bits per heavy atom. The average molecular weight is 281 g/mol. The number of carbonyl (C=O) groups excluding carboxylic acids is 2. The Morgan fingerprint density at radius 3 is 2.52 bits per heavy atom. The summed E-state index contributed by atoms with van der Waals surface area (Å²) < 4.78 is 4.78. The van der Waals surface area contributed by atoms with E-state index in [1.165, 1.54) is 7.11 Å². The minimum Gasteiger partial charge on any atom is -0.465 e. The normalized spacial score (nSPS) is 13.2. The number of nitrogens with zero attached hydrogens (tertiary/aromatic N) is 1. The van der Waals surface area contributed by atoms with Crippen LogP contribution in [-0.4, -0.2) is 19.0 Å². The first-order valence-corrected chi connectivity index (χ1v) is 6.70. The minimum atomic E-state index is -0.412. The lowest BCUT2D eigenvalue weighted by atomic mass is 10.0. The van der Waals surface area contributed by atoms with E-state index in [2.05, 4.69) is 0 Å². The lowest BCUT2D eigenvalue weighted by Crippen LogP contribution is -2.22. The molecule has 21 heavy (non-hydrogen) atoms. The summed E-state index contributed by atoms with van der Waals surface area (Å²) >= 11 is 0. The maximum Gasteiger partial charge on any atom is 0.338 e. The van der Waals surface area contributed by atoms with Crippen LogP contribution in [0.15, 0.2) is 42.5 Å². The van der Waals surface area contributed by atoms with E-state index < -0.39 is 5.97 Å². The van der Waals surface area contributed by atoms with Crippen molar-refractivity contribution in [2.24, 2.45) is 0 Å². The van der Waals surface area contributed by atoms with Crippen LogP contribution >= 0.6 is 0 Å². The Hall–Kier alpha value is -2.62. The number of hydrogen-bond donors (Lipinski definition) is 0. The minimum absolute atomic E-state index is 0.0837. The van der Waals surface area contributed by atoms with Crippen molar-refractivity contribution in [3.8, 4) is 0 Å². The monoisotopic (exact) mass is 281 g/mol. The van der Waals surface area contributed by atoms with Gasteiger partial charge in [-0.1, -0.05) is 23.8 Å². The first-order chi connectivity index (χ1) is 10.1. The Balaban J connectivity index is 2.02. The van der Waals surface area contributed by atoms with Gasteiger partial charge in [0.1, 0.15) is 0 Å². The number of rotatable bonds is 2. The molecule has 0 radical (unpaired) electrons. The molecule has 1 heterocycles. The van der Waals surface area contributed by atoms with Crippen LogP contribution in [-0.2, 0) is 11.3 Å². The summed E-state index contributed by atoms with van der Waals surface area (Å²) in [6.45, 7) is 2.39. The maximum absolute atomic E-state index is 12.5. The molecule has 1 aliphatic rings. The van der Waals surface area contributed by atoms with Gasteiger partial charge < -0.3 is 9.64 Å². The van der Waals surface area contributed by atoms with E-state index >= 15 is 0 Å². The molecule has 0 fully saturated rings. The SMILES string of the molecule is COC(=O)c1cccc2c1CN(c1ccc(C)cc1)C2=O. The number of fused-ring (bicyclic) bond motifs is 1. The van der Waals surface area contributed by atoms with E-state index in [0.29, 0.717) is 17.7 Å². The third kappa shape index (κ3) is 2.18. The second kappa shape index (κ2) is 5.05. The average Bonchev–Trinajstić information content (AvgIpc) is 2.85. The van der Waals surface area contributed by atoms with Crippen molar-refractivity contribution in [1.82, 2.24) is 0 Å². The quantitative estimate of drug-likeness (QED) is 0.795. The van der Waals surface area contributed by atoms with Crippen molar-refractivity contribution in [3.05, 3.63) is 64.7 Å². The van der Waals surface area contributed by atoms with Crippen LogP contribution in [0.3, 0.4) is 0 Å². The van der Waals surface area contributed by atoms with E-state index in [0.717, 1.165) is 16.8 Å². The van der Waals surface area contributed by atoms with Crippen LogP contribution in [0.1, 0.15) is 31.8 Å². The highest BCUT2D eigenvalue weighted by molar-refractivity contribution is 6.12. The molecule has 0 aromatic heterocycles. The molecular weight excluding hydrogens is 266 g/mol. The Labute approximate surface area is 123 Å². The zero-order valence-electron chi connectivity index (χ0n) is 11.9. The summed E-state index contributed by atoms with van der Waals surface area (Å²) in [5.41, 5.74) is 3.72. The van der Waals surface area contributed by atoms with Gasteiger partial charge in [-0.2, -0.15) is 0 Å². The van der Waals surface area contributed by atoms with Gasteiger partial charge in [0, 0.05) is 11.3 Å². The molecule has 4 heteroatoms. The van der Waals surface area contributed by atoms with Crippen molar-refractivity contribution < 1.29 is 14.3 Å². The van der Waals surface area contributed by atoms with Crippen LogP contribution in [0.5, 0.6) is 0 Å². The van der Waals surface area contributed by atoms with E-state index in [4.69, 9.17) is 4.74 Å². The summed E-state index contributed by atoms with van der Waals surface area (Å²) in [5, 5.41) is 0. The molecule has 1 aliphatic heterocycles. The van der Waals surface area contributed by atoms with Crippen molar-refractivity contribution in [3.63, 3.8) is 0 Å². The number of carbonyl (C=O) groups is 2. The van der Waals surface area contributed by atoms with Crippen LogP contribution in [0.25, 0.3) is 0 Å². The number of anilines is 1. The van der Waals surface area contributed by atoms with E-state index in [-0.39, 0.29) is 5.91 Å². The van der Waals surface area contributed by atoms with Crippen molar-refractivity contribution >= 4 is 17.6 Å². The van der Waals surface area contributed by atoms with Gasteiger partial charge in [0.25, 0.3) is 5.91 Å². The first kappa shape index (κ1) is 13.4. The fourth-order valence-electron chi connectivity index (χ4n) is 2.57.